The number of benzene rings is 3. The Labute approximate surface area is 259 Å². The number of carbonyl (C=O) groups is 1. The lowest BCUT2D eigenvalue weighted by Crippen LogP contribution is -2.42. The van der Waals surface area contributed by atoms with Crippen LogP contribution in [-0.4, -0.2) is 5.78 Å². The number of hydrogen-bond acceptors (Lipinski definition) is 5. The molecule has 0 bridgehead atoms. The Morgan fingerprint density at radius 3 is 2.43 bits per heavy atom. The van der Waals surface area contributed by atoms with Crippen LogP contribution in [0.25, 0.3) is 0 Å². The number of halogens is 4. The zero-order valence-corrected chi connectivity index (χ0v) is 25.9. The van der Waals surface area contributed by atoms with Crippen LogP contribution in [0.1, 0.15) is 54.9 Å². The minimum Gasteiger partial charge on any atom is -0.487 e. The number of anilines is 1. The summed E-state index contributed by atoms with van der Waals surface area (Å²) in [5.74, 6) is -0.563. The van der Waals surface area contributed by atoms with E-state index in [1.54, 1.807) is 23.1 Å². The maximum atomic E-state index is 14.0. The van der Waals surface area contributed by atoms with Gasteiger partial charge in [0.1, 0.15) is 24.0 Å². The molecule has 0 amide bonds. The van der Waals surface area contributed by atoms with E-state index in [-0.39, 0.29) is 34.2 Å². The second-order valence-corrected chi connectivity index (χ2v) is 12.8. The lowest BCUT2D eigenvalue weighted by molar-refractivity contribution is -0.118. The summed E-state index contributed by atoms with van der Waals surface area (Å²) in [6.45, 7) is 8.16. The van der Waals surface area contributed by atoms with Crippen LogP contribution < -0.4 is 15.4 Å². The summed E-state index contributed by atoms with van der Waals surface area (Å²) in [4.78, 5) is 15.7. The van der Waals surface area contributed by atoms with E-state index in [2.05, 4.69) is 6.07 Å². The fourth-order valence-corrected chi connectivity index (χ4v) is 6.38. The Kier molecular flexibility index (Phi) is 8.06. The van der Waals surface area contributed by atoms with Crippen molar-refractivity contribution in [1.29, 1.82) is 5.26 Å². The third-order valence-corrected chi connectivity index (χ3v) is 8.89. The molecule has 3 aromatic carbocycles. The molecule has 1 atom stereocenters. The Morgan fingerprint density at radius 1 is 1.02 bits per heavy atom. The number of carbonyl (C=O) groups excluding carboxylic acids is 1. The molecule has 0 aromatic heterocycles. The van der Waals surface area contributed by atoms with E-state index in [1.807, 2.05) is 39.8 Å². The predicted octanol–water partition coefficient (Wildman–Crippen LogP) is 8.92. The lowest BCUT2D eigenvalue weighted by atomic mass is 9.68. The van der Waals surface area contributed by atoms with Crippen molar-refractivity contribution in [3.05, 3.63) is 114 Å². The van der Waals surface area contributed by atoms with Crippen molar-refractivity contribution in [2.24, 2.45) is 11.1 Å². The highest BCUT2D eigenvalue weighted by Gasteiger charge is 2.45. The molecule has 2 aliphatic rings. The zero-order chi connectivity index (χ0) is 30.5. The summed E-state index contributed by atoms with van der Waals surface area (Å²) in [5, 5.41) is 11.4. The molecule has 5 nitrogen and oxygen atoms in total. The first-order valence-corrected chi connectivity index (χ1v) is 14.5. The van der Waals surface area contributed by atoms with Gasteiger partial charge in [0.25, 0.3) is 0 Å². The number of allylic oxidation sites excluding steroid dienone is 3. The van der Waals surface area contributed by atoms with E-state index >= 15 is 0 Å². The van der Waals surface area contributed by atoms with Gasteiger partial charge in [-0.05, 0) is 84.3 Å². The Morgan fingerprint density at radius 2 is 1.76 bits per heavy atom. The summed E-state index contributed by atoms with van der Waals surface area (Å²) >= 11 is 18.8. The molecular weight excluding hydrogens is 596 g/mol. The number of nitrogens with zero attached hydrogens (tertiary/aromatic N) is 2. The standard InChI is InChI=1S/C33H29Cl3FN3O2/c1-17-9-18(2)22(10-19(17)16-42-29-8-5-20(37)11-26(29)36)30-23(15-38)32(39)40(21-6-7-24(34)25(35)12-21)27-13-33(3,4)14-28(41)31(27)30/h5-12,30H,13-14,16,39H2,1-4H3. The predicted molar refractivity (Wildman–Crippen MR) is 165 cm³/mol. The smallest absolute Gasteiger partial charge is 0.162 e. The second-order valence-electron chi connectivity index (χ2n) is 11.6. The highest BCUT2D eigenvalue weighted by Crippen LogP contribution is 2.51. The number of rotatable bonds is 5. The second kappa shape index (κ2) is 11.3. The van der Waals surface area contributed by atoms with Gasteiger partial charge in [-0.25, -0.2) is 4.39 Å². The van der Waals surface area contributed by atoms with Crippen LogP contribution in [0.2, 0.25) is 15.1 Å². The number of nitrogens with two attached hydrogens (primary N) is 1. The Bertz CT molecular complexity index is 1740. The first-order valence-electron chi connectivity index (χ1n) is 13.4. The van der Waals surface area contributed by atoms with Crippen molar-refractivity contribution in [3.8, 4) is 11.8 Å². The van der Waals surface area contributed by atoms with Crippen molar-refractivity contribution in [2.75, 3.05) is 4.90 Å². The maximum Gasteiger partial charge on any atom is 0.162 e. The van der Waals surface area contributed by atoms with Crippen molar-refractivity contribution >= 4 is 46.3 Å². The van der Waals surface area contributed by atoms with E-state index in [4.69, 9.17) is 45.3 Å². The molecule has 216 valence electrons. The molecule has 0 spiro atoms. The molecule has 0 saturated heterocycles. The average Bonchev–Trinajstić information content (AvgIpc) is 2.90. The quantitative estimate of drug-likeness (QED) is 0.307. The molecule has 42 heavy (non-hydrogen) atoms. The molecule has 0 saturated carbocycles. The van der Waals surface area contributed by atoms with Gasteiger partial charge in [0.05, 0.1) is 32.6 Å². The van der Waals surface area contributed by atoms with Gasteiger partial charge in [0.15, 0.2) is 5.78 Å². The molecule has 1 heterocycles. The first-order chi connectivity index (χ1) is 19.8. The monoisotopic (exact) mass is 623 g/mol. The molecule has 0 radical (unpaired) electrons. The number of nitriles is 1. The highest BCUT2D eigenvalue weighted by atomic mass is 35.5. The molecule has 9 heteroatoms. The minimum absolute atomic E-state index is 0.0348. The molecule has 1 aliphatic carbocycles. The van der Waals surface area contributed by atoms with Crippen molar-refractivity contribution in [2.45, 2.75) is 53.1 Å². The van der Waals surface area contributed by atoms with Crippen LogP contribution in [0.15, 0.2) is 71.2 Å². The SMILES string of the molecule is Cc1cc(C)c(C2C(C#N)=C(N)N(c3ccc(Cl)c(Cl)c3)C3=C2C(=O)CC(C)(C)C3)cc1COc1ccc(F)cc1Cl. The summed E-state index contributed by atoms with van der Waals surface area (Å²) in [6.07, 6.45) is 0.897. The van der Waals surface area contributed by atoms with E-state index in [9.17, 15) is 14.4 Å². The molecule has 0 fully saturated rings. The highest BCUT2D eigenvalue weighted by molar-refractivity contribution is 6.42. The summed E-state index contributed by atoms with van der Waals surface area (Å²) < 4.78 is 19.5. The largest absolute Gasteiger partial charge is 0.487 e. The lowest BCUT2D eigenvalue weighted by Gasteiger charge is -2.44. The third-order valence-electron chi connectivity index (χ3n) is 7.86. The third kappa shape index (κ3) is 5.49. The fraction of sp³-hybridized carbons (Fsp3) is 0.273. The molecule has 1 aliphatic heterocycles. The average molecular weight is 625 g/mol. The van der Waals surface area contributed by atoms with Crippen LogP contribution >= 0.6 is 34.8 Å². The fourth-order valence-electron chi connectivity index (χ4n) is 5.87. The summed E-state index contributed by atoms with van der Waals surface area (Å²) in [7, 11) is 0. The van der Waals surface area contributed by atoms with Crippen LogP contribution in [0.5, 0.6) is 5.75 Å². The van der Waals surface area contributed by atoms with E-state index in [1.165, 1.54) is 18.2 Å². The van der Waals surface area contributed by atoms with Gasteiger partial charge in [-0.1, -0.05) is 60.8 Å². The number of ether oxygens (including phenoxy) is 1. The molecular formula is C33H29Cl3FN3O2. The van der Waals surface area contributed by atoms with Crippen LogP contribution in [0, 0.1) is 36.4 Å². The topological polar surface area (TPSA) is 79.4 Å². The molecule has 3 aromatic rings. The number of hydrogen-bond donors (Lipinski definition) is 1. The van der Waals surface area contributed by atoms with Crippen LogP contribution in [-0.2, 0) is 11.4 Å². The number of aryl methyl sites for hydroxylation is 2. The van der Waals surface area contributed by atoms with Gasteiger partial charge in [-0.2, -0.15) is 5.26 Å². The zero-order valence-electron chi connectivity index (χ0n) is 23.6. The summed E-state index contributed by atoms with van der Waals surface area (Å²) in [5.41, 5.74) is 12.2. The Hall–Kier alpha value is -3.50. The van der Waals surface area contributed by atoms with Gasteiger partial charge in [0, 0.05) is 23.4 Å². The number of Topliss-reactive ketones (excluding diaryl/α,β-unsaturated/α-hetero) is 1. The number of ketones is 1. The van der Waals surface area contributed by atoms with Gasteiger partial charge >= 0.3 is 0 Å². The van der Waals surface area contributed by atoms with E-state index in [0.29, 0.717) is 39.9 Å². The minimum atomic E-state index is -0.665. The van der Waals surface area contributed by atoms with Crippen molar-refractivity contribution in [3.63, 3.8) is 0 Å². The molecule has 5 rings (SSSR count). The van der Waals surface area contributed by atoms with Gasteiger partial charge in [0.2, 0.25) is 0 Å². The van der Waals surface area contributed by atoms with E-state index in [0.717, 1.165) is 28.0 Å². The first kappa shape index (κ1) is 30.0. The maximum absolute atomic E-state index is 14.0. The van der Waals surface area contributed by atoms with Crippen LogP contribution in [0.4, 0.5) is 10.1 Å². The van der Waals surface area contributed by atoms with Gasteiger partial charge in [-0.3, -0.25) is 9.69 Å². The molecule has 2 N–H and O–H groups in total. The Balaban J connectivity index is 1.66. The van der Waals surface area contributed by atoms with Crippen molar-refractivity contribution < 1.29 is 13.9 Å². The van der Waals surface area contributed by atoms with E-state index < -0.39 is 11.7 Å². The summed E-state index contributed by atoms with van der Waals surface area (Å²) in [6, 6.07) is 15.4. The normalized spacial score (nSPS) is 18.2. The van der Waals surface area contributed by atoms with Crippen molar-refractivity contribution in [1.82, 2.24) is 0 Å². The molecule has 1 unspecified atom stereocenters. The van der Waals surface area contributed by atoms with Crippen LogP contribution in [0.3, 0.4) is 0 Å². The van der Waals surface area contributed by atoms with Gasteiger partial charge < -0.3 is 10.5 Å². The van der Waals surface area contributed by atoms with Gasteiger partial charge in [-0.15, -0.1) is 0 Å².